The van der Waals surface area contributed by atoms with E-state index in [0.29, 0.717) is 34.4 Å². The first kappa shape index (κ1) is 27.9. The number of ether oxygens (including phenoxy) is 2. The fourth-order valence-corrected chi connectivity index (χ4v) is 6.97. The van der Waals surface area contributed by atoms with Gasteiger partial charge in [0.25, 0.3) is 0 Å². The second kappa shape index (κ2) is 12.5. The summed E-state index contributed by atoms with van der Waals surface area (Å²) in [5.74, 6) is 0.608. The lowest BCUT2D eigenvalue weighted by atomic mass is 10.0. The molecule has 0 atom stereocenters. The Kier molecular flexibility index (Phi) is 9.94. The topological polar surface area (TPSA) is 82.6 Å². The van der Waals surface area contributed by atoms with Gasteiger partial charge in [-0.05, 0) is 70.1 Å². The highest BCUT2D eigenvalue weighted by Crippen LogP contribution is 2.28. The van der Waals surface area contributed by atoms with Crippen molar-refractivity contribution in [2.45, 2.75) is 44.6 Å². The molecule has 1 aromatic carbocycles. The van der Waals surface area contributed by atoms with Crippen molar-refractivity contribution >= 4 is 15.9 Å². The van der Waals surface area contributed by atoms with Crippen molar-refractivity contribution in [3.05, 3.63) is 23.3 Å². The van der Waals surface area contributed by atoms with E-state index in [0.717, 1.165) is 39.3 Å². The van der Waals surface area contributed by atoms with Crippen LogP contribution in [-0.2, 0) is 19.6 Å². The van der Waals surface area contributed by atoms with Crippen LogP contribution in [0.4, 0.5) is 0 Å². The van der Waals surface area contributed by atoms with E-state index in [-0.39, 0.29) is 25.7 Å². The van der Waals surface area contributed by atoms with E-state index in [1.54, 1.807) is 40.0 Å². The molecule has 2 fully saturated rings. The van der Waals surface area contributed by atoms with E-state index in [1.807, 2.05) is 4.90 Å². The number of piperazine rings is 1. The molecule has 1 amide bonds. The van der Waals surface area contributed by atoms with Gasteiger partial charge in [-0.25, -0.2) is 8.42 Å². The van der Waals surface area contributed by atoms with Crippen molar-refractivity contribution in [3.63, 3.8) is 0 Å². The number of rotatable bonds is 10. The molecule has 2 aliphatic rings. The molecule has 10 heteroatoms. The van der Waals surface area contributed by atoms with Gasteiger partial charge in [-0.2, -0.15) is 4.31 Å². The summed E-state index contributed by atoms with van der Waals surface area (Å²) in [6.45, 7) is 11.6. The summed E-state index contributed by atoms with van der Waals surface area (Å²) in [7, 11) is 0.0490. The Balaban J connectivity index is 1.45. The summed E-state index contributed by atoms with van der Waals surface area (Å²) in [5, 5.41) is 0. The third kappa shape index (κ3) is 6.95. The lowest BCUT2D eigenvalue weighted by Gasteiger charge is -2.42. The Hall–Kier alpha value is -1.72. The van der Waals surface area contributed by atoms with Crippen LogP contribution >= 0.6 is 0 Å². The highest BCUT2D eigenvalue weighted by Gasteiger charge is 2.29. The fraction of sp³-hybridized carbons (Fsp3) is 0.720. The molecule has 1 aromatic rings. The fourth-order valence-electron chi connectivity index (χ4n) is 5.13. The number of sulfonamides is 1. The Labute approximate surface area is 211 Å². The number of hydrogen-bond acceptors (Lipinski definition) is 7. The van der Waals surface area contributed by atoms with E-state index in [1.165, 1.54) is 17.1 Å². The maximum Gasteiger partial charge on any atom is 0.248 e. The Bertz CT molecular complexity index is 932. The molecule has 198 valence electrons. The molecule has 0 saturated carbocycles. The summed E-state index contributed by atoms with van der Waals surface area (Å²) in [6.07, 6.45) is 2.39. The third-order valence-electron chi connectivity index (χ3n) is 7.20. The number of benzene rings is 1. The molecule has 0 unspecified atom stereocenters. The van der Waals surface area contributed by atoms with Crippen LogP contribution in [0.1, 0.15) is 30.9 Å². The summed E-state index contributed by atoms with van der Waals surface area (Å²) < 4.78 is 38.9. The number of hydrogen-bond donors (Lipinski definition) is 0. The number of likely N-dealkylation sites (N-methyl/N-ethyl adjacent to an activating group) is 1. The Morgan fingerprint density at radius 1 is 1.06 bits per heavy atom. The smallest absolute Gasteiger partial charge is 0.248 e. The van der Waals surface area contributed by atoms with Crippen LogP contribution in [0.3, 0.4) is 0 Å². The van der Waals surface area contributed by atoms with Gasteiger partial charge in [0.15, 0.2) is 0 Å². The molecular weight excluding hydrogens is 468 g/mol. The summed E-state index contributed by atoms with van der Waals surface area (Å²) >= 11 is 0. The molecule has 2 heterocycles. The van der Waals surface area contributed by atoms with Crippen LogP contribution < -0.4 is 4.74 Å². The van der Waals surface area contributed by atoms with Gasteiger partial charge < -0.3 is 19.3 Å². The first-order chi connectivity index (χ1) is 16.7. The highest BCUT2D eigenvalue weighted by atomic mass is 32.2. The number of methoxy groups -OCH3 is 1. The maximum atomic E-state index is 13.3. The Morgan fingerprint density at radius 2 is 1.66 bits per heavy atom. The molecule has 0 spiro atoms. The minimum Gasteiger partial charge on any atom is -0.497 e. The van der Waals surface area contributed by atoms with Crippen LogP contribution in [0.25, 0.3) is 0 Å². The van der Waals surface area contributed by atoms with Crippen LogP contribution in [0.2, 0.25) is 0 Å². The number of carbonyl (C=O) groups excluding carboxylic acids is 1. The SMILES string of the molecule is CCN(CCOCC(=O)N1CCN(C2CCN(C)CC2)CC1)S(=O)(=O)c1c(C)cc(OC)cc1C. The van der Waals surface area contributed by atoms with Crippen molar-refractivity contribution < 1.29 is 22.7 Å². The molecule has 2 saturated heterocycles. The third-order valence-corrected chi connectivity index (χ3v) is 9.48. The molecule has 0 bridgehead atoms. The molecular formula is C25H42N4O5S. The second-order valence-corrected chi connectivity index (χ2v) is 11.5. The predicted octanol–water partition coefficient (Wildman–Crippen LogP) is 1.58. The van der Waals surface area contributed by atoms with Gasteiger partial charge in [-0.3, -0.25) is 9.69 Å². The molecule has 0 aliphatic carbocycles. The molecule has 0 N–H and O–H groups in total. The van der Waals surface area contributed by atoms with E-state index < -0.39 is 10.0 Å². The Morgan fingerprint density at radius 3 is 2.20 bits per heavy atom. The van der Waals surface area contributed by atoms with Gasteiger partial charge in [0.1, 0.15) is 12.4 Å². The first-order valence-corrected chi connectivity index (χ1v) is 14.0. The van der Waals surface area contributed by atoms with Crippen LogP contribution in [0, 0.1) is 13.8 Å². The van der Waals surface area contributed by atoms with E-state index in [4.69, 9.17) is 9.47 Å². The zero-order chi connectivity index (χ0) is 25.6. The van der Waals surface area contributed by atoms with Crippen molar-refractivity contribution in [1.29, 1.82) is 0 Å². The van der Waals surface area contributed by atoms with Crippen LogP contribution in [-0.4, -0.2) is 119 Å². The van der Waals surface area contributed by atoms with E-state index in [9.17, 15) is 13.2 Å². The van der Waals surface area contributed by atoms with E-state index >= 15 is 0 Å². The normalized spacial score (nSPS) is 18.9. The van der Waals surface area contributed by atoms with Crippen molar-refractivity contribution in [3.8, 4) is 5.75 Å². The van der Waals surface area contributed by atoms with Crippen LogP contribution in [0.5, 0.6) is 5.75 Å². The molecule has 3 rings (SSSR count). The van der Waals surface area contributed by atoms with Gasteiger partial charge in [0.05, 0.1) is 18.6 Å². The predicted molar refractivity (Wildman–Crippen MR) is 136 cm³/mol. The van der Waals surface area contributed by atoms with Crippen molar-refractivity contribution in [2.24, 2.45) is 0 Å². The molecule has 0 aromatic heterocycles. The monoisotopic (exact) mass is 510 g/mol. The van der Waals surface area contributed by atoms with Gasteiger partial charge >= 0.3 is 0 Å². The maximum absolute atomic E-state index is 13.3. The lowest BCUT2D eigenvalue weighted by molar-refractivity contribution is -0.138. The number of nitrogens with zero attached hydrogens (tertiary/aromatic N) is 4. The second-order valence-electron chi connectivity index (χ2n) is 9.59. The van der Waals surface area contributed by atoms with E-state index in [2.05, 4.69) is 16.8 Å². The van der Waals surface area contributed by atoms with Crippen molar-refractivity contribution in [1.82, 2.24) is 19.0 Å². The van der Waals surface area contributed by atoms with Crippen LogP contribution in [0.15, 0.2) is 17.0 Å². The molecule has 35 heavy (non-hydrogen) atoms. The quantitative estimate of drug-likeness (QED) is 0.442. The van der Waals surface area contributed by atoms with Gasteiger partial charge in [0, 0.05) is 45.3 Å². The number of carbonyl (C=O) groups is 1. The van der Waals surface area contributed by atoms with Gasteiger partial charge in [-0.15, -0.1) is 0 Å². The van der Waals surface area contributed by atoms with Gasteiger partial charge in [0.2, 0.25) is 15.9 Å². The summed E-state index contributed by atoms with van der Waals surface area (Å²) in [5.41, 5.74) is 1.30. The minimum atomic E-state index is -3.69. The summed E-state index contributed by atoms with van der Waals surface area (Å²) in [4.78, 5) is 19.7. The minimum absolute atomic E-state index is 0.0214. The average Bonchev–Trinajstić information content (AvgIpc) is 2.83. The first-order valence-electron chi connectivity index (χ1n) is 12.6. The number of aryl methyl sites for hydroxylation is 2. The number of likely N-dealkylation sites (tertiary alicyclic amines) is 1. The molecule has 2 aliphatic heterocycles. The summed E-state index contributed by atoms with van der Waals surface area (Å²) in [6, 6.07) is 4.09. The number of amides is 1. The number of piperidine rings is 1. The van der Waals surface area contributed by atoms with Gasteiger partial charge in [-0.1, -0.05) is 6.92 Å². The largest absolute Gasteiger partial charge is 0.497 e. The van der Waals surface area contributed by atoms with Crippen molar-refractivity contribution in [2.75, 3.05) is 79.7 Å². The highest BCUT2D eigenvalue weighted by molar-refractivity contribution is 7.89. The molecule has 0 radical (unpaired) electrons. The zero-order valence-electron chi connectivity index (χ0n) is 22.0. The lowest BCUT2D eigenvalue weighted by Crippen LogP contribution is -2.54. The average molecular weight is 511 g/mol. The standard InChI is InChI=1S/C25H42N4O5S/c1-6-29(35(31,32)25-20(2)17-23(33-5)18-21(25)3)15-16-34-19-24(30)28-13-11-27(12-14-28)22-7-9-26(4)10-8-22/h17-18,22H,6-16,19H2,1-5H3. The zero-order valence-corrected chi connectivity index (χ0v) is 22.8. The molecule has 9 nitrogen and oxygen atoms in total.